The largest absolute Gasteiger partial charge is 0.497 e. The van der Waals surface area contributed by atoms with Crippen molar-refractivity contribution in [3.8, 4) is 17.0 Å². The minimum absolute atomic E-state index is 0.333. The summed E-state index contributed by atoms with van der Waals surface area (Å²) in [7, 11) is 5.64. The predicted octanol–water partition coefficient (Wildman–Crippen LogP) is 3.06. The minimum atomic E-state index is 0.333. The third-order valence-electron chi connectivity index (χ3n) is 3.73. The van der Waals surface area contributed by atoms with Gasteiger partial charge in [-0.25, -0.2) is 10.4 Å². The van der Waals surface area contributed by atoms with Gasteiger partial charge in [0.1, 0.15) is 5.75 Å². The number of methoxy groups -OCH3 is 1. The Morgan fingerprint density at radius 2 is 1.77 bits per heavy atom. The number of ether oxygens (including phenoxy) is 1. The Morgan fingerprint density at radius 3 is 2.42 bits per heavy atom. The maximum atomic E-state index is 5.16. The molecule has 0 aliphatic rings. The number of rotatable bonds is 6. The van der Waals surface area contributed by atoms with E-state index in [1.54, 1.807) is 19.5 Å². The number of anilines is 2. The monoisotopic (exact) mass is 348 g/mol. The smallest absolute Gasteiger partial charge is 0.263 e. The zero-order valence-electron chi connectivity index (χ0n) is 14.9. The van der Waals surface area contributed by atoms with Crippen molar-refractivity contribution >= 4 is 17.9 Å². The van der Waals surface area contributed by atoms with Crippen molar-refractivity contribution in [3.05, 3.63) is 60.3 Å². The molecular formula is C19H20N6O. The van der Waals surface area contributed by atoms with Gasteiger partial charge in [-0.1, -0.05) is 12.1 Å². The van der Waals surface area contributed by atoms with Crippen LogP contribution in [0.25, 0.3) is 11.3 Å². The fraction of sp³-hybridized carbons (Fsp3) is 0.158. The molecule has 2 aromatic carbocycles. The van der Waals surface area contributed by atoms with Gasteiger partial charge in [-0.15, -0.1) is 5.10 Å². The van der Waals surface area contributed by atoms with Gasteiger partial charge in [-0.2, -0.15) is 10.2 Å². The van der Waals surface area contributed by atoms with E-state index in [1.165, 1.54) is 0 Å². The second-order valence-corrected chi connectivity index (χ2v) is 5.75. The molecule has 0 aliphatic heterocycles. The molecule has 1 N–H and O–H groups in total. The van der Waals surface area contributed by atoms with E-state index < -0.39 is 0 Å². The first-order chi connectivity index (χ1) is 12.7. The number of aromatic nitrogens is 3. The van der Waals surface area contributed by atoms with Gasteiger partial charge in [0.15, 0.2) is 0 Å². The summed E-state index contributed by atoms with van der Waals surface area (Å²) in [6.45, 7) is 0. The van der Waals surface area contributed by atoms with Crippen LogP contribution in [0, 0.1) is 0 Å². The van der Waals surface area contributed by atoms with Crippen LogP contribution in [0.5, 0.6) is 5.75 Å². The second-order valence-electron chi connectivity index (χ2n) is 5.75. The third kappa shape index (κ3) is 4.32. The van der Waals surface area contributed by atoms with Gasteiger partial charge in [-0.3, -0.25) is 0 Å². The number of hydrogen-bond donors (Lipinski definition) is 1. The van der Waals surface area contributed by atoms with Crippen LogP contribution >= 0.6 is 0 Å². The average Bonchev–Trinajstić information content (AvgIpc) is 2.69. The normalized spacial score (nSPS) is 10.7. The highest BCUT2D eigenvalue weighted by Gasteiger charge is 2.03. The molecule has 1 heterocycles. The molecule has 0 unspecified atom stereocenters. The zero-order chi connectivity index (χ0) is 18.4. The van der Waals surface area contributed by atoms with Gasteiger partial charge in [0, 0.05) is 25.3 Å². The van der Waals surface area contributed by atoms with Crippen LogP contribution < -0.4 is 15.1 Å². The highest BCUT2D eigenvalue weighted by Crippen LogP contribution is 2.20. The molecule has 0 amide bonds. The van der Waals surface area contributed by atoms with Gasteiger partial charge in [0.25, 0.3) is 5.95 Å². The summed E-state index contributed by atoms with van der Waals surface area (Å²) < 4.78 is 5.16. The highest BCUT2D eigenvalue weighted by molar-refractivity contribution is 5.80. The van der Waals surface area contributed by atoms with Crippen LogP contribution in [-0.2, 0) is 0 Å². The summed E-state index contributed by atoms with van der Waals surface area (Å²) in [5.41, 5.74) is 6.55. The molecule has 26 heavy (non-hydrogen) atoms. The van der Waals surface area contributed by atoms with Gasteiger partial charge in [0.05, 0.1) is 25.2 Å². The molecule has 0 aliphatic carbocycles. The molecule has 3 aromatic rings. The Morgan fingerprint density at radius 1 is 1.04 bits per heavy atom. The molecule has 0 saturated carbocycles. The van der Waals surface area contributed by atoms with Gasteiger partial charge in [0.2, 0.25) is 0 Å². The maximum absolute atomic E-state index is 5.16. The topological polar surface area (TPSA) is 75.5 Å². The van der Waals surface area contributed by atoms with Crippen molar-refractivity contribution in [1.29, 1.82) is 0 Å². The SMILES string of the molecule is COc1ccc(-c2cnnc(N/N=C/c3ccc(N(C)C)cc3)n2)cc1. The Labute approximate surface area is 152 Å². The van der Waals surface area contributed by atoms with Crippen molar-refractivity contribution < 1.29 is 4.74 Å². The van der Waals surface area contributed by atoms with Crippen LogP contribution in [0.4, 0.5) is 11.6 Å². The molecule has 0 fully saturated rings. The molecule has 7 heteroatoms. The van der Waals surface area contributed by atoms with E-state index in [2.05, 4.69) is 25.7 Å². The molecule has 0 radical (unpaired) electrons. The van der Waals surface area contributed by atoms with Crippen molar-refractivity contribution in [1.82, 2.24) is 15.2 Å². The number of hydrogen-bond acceptors (Lipinski definition) is 7. The van der Waals surface area contributed by atoms with E-state index in [9.17, 15) is 0 Å². The van der Waals surface area contributed by atoms with Crippen molar-refractivity contribution in [2.24, 2.45) is 5.10 Å². The number of nitrogens with zero attached hydrogens (tertiary/aromatic N) is 5. The van der Waals surface area contributed by atoms with Crippen LogP contribution in [0.2, 0.25) is 0 Å². The molecule has 0 saturated heterocycles. The summed E-state index contributed by atoms with van der Waals surface area (Å²) >= 11 is 0. The fourth-order valence-corrected chi connectivity index (χ4v) is 2.27. The van der Waals surface area contributed by atoms with Gasteiger partial charge < -0.3 is 9.64 Å². The Bertz CT molecular complexity index is 875. The van der Waals surface area contributed by atoms with Crippen LogP contribution in [0.15, 0.2) is 59.8 Å². The van der Waals surface area contributed by atoms with Crippen molar-refractivity contribution in [2.75, 3.05) is 31.5 Å². The standard InChI is InChI=1S/C19H20N6O/c1-25(2)16-8-4-14(5-9-16)12-20-23-19-22-18(13-21-24-19)15-6-10-17(26-3)11-7-15/h4-13H,1-3H3,(H,22,23,24)/b20-12+. The van der Waals surface area contributed by atoms with E-state index in [4.69, 9.17) is 4.74 Å². The molecule has 0 atom stereocenters. The zero-order valence-corrected chi connectivity index (χ0v) is 14.9. The van der Waals surface area contributed by atoms with Gasteiger partial charge >= 0.3 is 0 Å². The van der Waals surface area contributed by atoms with Gasteiger partial charge in [-0.05, 0) is 42.0 Å². The van der Waals surface area contributed by atoms with Crippen molar-refractivity contribution in [3.63, 3.8) is 0 Å². The summed E-state index contributed by atoms with van der Waals surface area (Å²) in [6.07, 6.45) is 3.32. The maximum Gasteiger partial charge on any atom is 0.263 e. The predicted molar refractivity (Wildman–Crippen MR) is 104 cm³/mol. The van der Waals surface area contributed by atoms with E-state index in [0.29, 0.717) is 11.6 Å². The van der Waals surface area contributed by atoms with E-state index in [1.807, 2.05) is 67.5 Å². The lowest BCUT2D eigenvalue weighted by atomic mass is 10.1. The van der Waals surface area contributed by atoms with Crippen LogP contribution in [-0.4, -0.2) is 42.6 Å². The molecule has 3 rings (SSSR count). The second kappa shape index (κ2) is 8.06. The quantitative estimate of drug-likeness (QED) is 0.545. The lowest BCUT2D eigenvalue weighted by molar-refractivity contribution is 0.415. The summed E-state index contributed by atoms with van der Waals surface area (Å²) in [6, 6.07) is 15.6. The molecule has 1 aromatic heterocycles. The lowest BCUT2D eigenvalue weighted by Crippen LogP contribution is -2.08. The third-order valence-corrected chi connectivity index (χ3v) is 3.73. The van der Waals surface area contributed by atoms with Crippen LogP contribution in [0.3, 0.4) is 0 Å². The van der Waals surface area contributed by atoms with E-state index >= 15 is 0 Å². The molecule has 0 bridgehead atoms. The first kappa shape index (κ1) is 17.3. The Hall–Kier alpha value is -3.48. The summed E-state index contributed by atoms with van der Waals surface area (Å²) in [5.74, 6) is 1.12. The average molecular weight is 348 g/mol. The van der Waals surface area contributed by atoms with E-state index in [-0.39, 0.29) is 0 Å². The van der Waals surface area contributed by atoms with Crippen molar-refractivity contribution in [2.45, 2.75) is 0 Å². The first-order valence-corrected chi connectivity index (χ1v) is 8.06. The molecule has 0 spiro atoms. The number of benzene rings is 2. The Kier molecular flexibility index (Phi) is 5.38. The van der Waals surface area contributed by atoms with E-state index in [0.717, 1.165) is 22.6 Å². The summed E-state index contributed by atoms with van der Waals surface area (Å²) in [5, 5.41) is 12.1. The molecule has 132 valence electrons. The first-order valence-electron chi connectivity index (χ1n) is 8.06. The number of nitrogens with one attached hydrogen (secondary N) is 1. The Balaban J connectivity index is 1.68. The lowest BCUT2D eigenvalue weighted by Gasteiger charge is -2.11. The van der Waals surface area contributed by atoms with Crippen LogP contribution in [0.1, 0.15) is 5.56 Å². The fourth-order valence-electron chi connectivity index (χ4n) is 2.27. The molecule has 7 nitrogen and oxygen atoms in total. The number of hydrazone groups is 1. The minimum Gasteiger partial charge on any atom is -0.497 e. The summed E-state index contributed by atoms with van der Waals surface area (Å²) in [4.78, 5) is 6.47. The molecular weight excluding hydrogens is 328 g/mol. The highest BCUT2D eigenvalue weighted by atomic mass is 16.5.